The molecule has 102 valence electrons. The molecule has 1 atom stereocenters. The van der Waals surface area contributed by atoms with Crippen molar-refractivity contribution in [1.82, 2.24) is 9.97 Å². The quantitative estimate of drug-likeness (QED) is 0.830. The number of aromatic nitrogens is 2. The summed E-state index contributed by atoms with van der Waals surface area (Å²) < 4.78 is 0. The smallest absolute Gasteiger partial charge is 0.135 e. The van der Waals surface area contributed by atoms with Gasteiger partial charge in [-0.05, 0) is 32.3 Å². The monoisotopic (exact) mass is 268 g/mol. The van der Waals surface area contributed by atoms with E-state index in [0.29, 0.717) is 11.9 Å². The SMILES string of the molecule is CSCCC(C)Nc1nc(C(C)C)nc(N)c1C. The number of rotatable bonds is 6. The van der Waals surface area contributed by atoms with Gasteiger partial charge < -0.3 is 11.1 Å². The van der Waals surface area contributed by atoms with Gasteiger partial charge in [-0.15, -0.1) is 0 Å². The minimum Gasteiger partial charge on any atom is -0.383 e. The van der Waals surface area contributed by atoms with E-state index in [1.807, 2.05) is 18.7 Å². The average molecular weight is 268 g/mol. The molecule has 1 unspecified atom stereocenters. The third kappa shape index (κ3) is 4.05. The van der Waals surface area contributed by atoms with Crippen molar-refractivity contribution < 1.29 is 0 Å². The minimum atomic E-state index is 0.287. The van der Waals surface area contributed by atoms with Crippen molar-refractivity contribution in [1.29, 1.82) is 0 Å². The van der Waals surface area contributed by atoms with Gasteiger partial charge in [-0.2, -0.15) is 11.8 Å². The summed E-state index contributed by atoms with van der Waals surface area (Å²) >= 11 is 1.86. The van der Waals surface area contributed by atoms with Crippen molar-refractivity contribution >= 4 is 23.4 Å². The molecule has 4 nitrogen and oxygen atoms in total. The Morgan fingerprint density at radius 2 is 1.94 bits per heavy atom. The first-order chi connectivity index (χ1) is 8.45. The second kappa shape index (κ2) is 6.83. The van der Waals surface area contributed by atoms with Crippen molar-refractivity contribution in [3.8, 4) is 0 Å². The molecule has 0 aliphatic heterocycles. The summed E-state index contributed by atoms with van der Waals surface area (Å²) in [5, 5.41) is 3.44. The van der Waals surface area contributed by atoms with Crippen LogP contribution in [0.4, 0.5) is 11.6 Å². The van der Waals surface area contributed by atoms with Gasteiger partial charge in [0, 0.05) is 17.5 Å². The highest BCUT2D eigenvalue weighted by atomic mass is 32.2. The van der Waals surface area contributed by atoms with Gasteiger partial charge in [0.1, 0.15) is 17.5 Å². The predicted octanol–water partition coefficient (Wildman–Crippen LogP) is 3.04. The molecule has 18 heavy (non-hydrogen) atoms. The van der Waals surface area contributed by atoms with Crippen LogP contribution < -0.4 is 11.1 Å². The summed E-state index contributed by atoms with van der Waals surface area (Å²) in [5.41, 5.74) is 6.88. The molecule has 3 N–H and O–H groups in total. The molecule has 1 aromatic heterocycles. The fourth-order valence-electron chi connectivity index (χ4n) is 1.55. The second-order valence-corrected chi connectivity index (χ2v) is 5.91. The predicted molar refractivity (Wildman–Crippen MR) is 81.4 cm³/mol. The van der Waals surface area contributed by atoms with Gasteiger partial charge in [0.15, 0.2) is 0 Å². The van der Waals surface area contributed by atoms with Crippen molar-refractivity contribution in [3.05, 3.63) is 11.4 Å². The molecule has 1 rings (SSSR count). The maximum atomic E-state index is 5.94. The Balaban J connectivity index is 2.86. The third-order valence-electron chi connectivity index (χ3n) is 2.86. The van der Waals surface area contributed by atoms with Gasteiger partial charge in [-0.1, -0.05) is 13.8 Å². The zero-order chi connectivity index (χ0) is 13.7. The molecule has 1 aromatic rings. The van der Waals surface area contributed by atoms with E-state index in [4.69, 9.17) is 5.73 Å². The number of thioether (sulfide) groups is 1. The van der Waals surface area contributed by atoms with Crippen molar-refractivity contribution in [2.24, 2.45) is 0 Å². The molecular formula is C13H24N4S. The maximum Gasteiger partial charge on any atom is 0.135 e. The van der Waals surface area contributed by atoms with Crippen molar-refractivity contribution in [2.45, 2.75) is 46.1 Å². The fraction of sp³-hybridized carbons (Fsp3) is 0.692. The molecule has 0 aromatic carbocycles. The van der Waals surface area contributed by atoms with Crippen LogP contribution in [0.3, 0.4) is 0 Å². The van der Waals surface area contributed by atoms with Crippen molar-refractivity contribution in [3.63, 3.8) is 0 Å². The van der Waals surface area contributed by atoms with Crippen LogP contribution >= 0.6 is 11.8 Å². The van der Waals surface area contributed by atoms with Crippen LogP contribution in [-0.4, -0.2) is 28.0 Å². The lowest BCUT2D eigenvalue weighted by Gasteiger charge is -2.18. The lowest BCUT2D eigenvalue weighted by molar-refractivity contribution is 0.744. The molecule has 0 aliphatic rings. The largest absolute Gasteiger partial charge is 0.383 e. The molecule has 0 bridgehead atoms. The van der Waals surface area contributed by atoms with E-state index < -0.39 is 0 Å². The molecule has 0 saturated carbocycles. The number of nitrogens with one attached hydrogen (secondary N) is 1. The van der Waals surface area contributed by atoms with Crippen LogP contribution in [0.5, 0.6) is 0 Å². The van der Waals surface area contributed by atoms with Crippen LogP contribution in [0.25, 0.3) is 0 Å². The molecule has 5 heteroatoms. The molecule has 0 amide bonds. The third-order valence-corrected chi connectivity index (χ3v) is 3.50. The Bertz CT molecular complexity index is 393. The second-order valence-electron chi connectivity index (χ2n) is 4.92. The summed E-state index contributed by atoms with van der Waals surface area (Å²) in [6, 6.07) is 0.394. The first-order valence-corrected chi connectivity index (χ1v) is 7.74. The Labute approximate surface area is 114 Å². The highest BCUT2D eigenvalue weighted by Gasteiger charge is 2.12. The number of nitrogen functional groups attached to an aromatic ring is 1. The zero-order valence-corrected chi connectivity index (χ0v) is 12.8. The van der Waals surface area contributed by atoms with Crippen LogP contribution in [0.2, 0.25) is 0 Å². The number of hydrogen-bond donors (Lipinski definition) is 2. The first-order valence-electron chi connectivity index (χ1n) is 6.35. The summed E-state index contributed by atoms with van der Waals surface area (Å²) in [6.45, 7) is 8.28. The minimum absolute atomic E-state index is 0.287. The highest BCUT2D eigenvalue weighted by Crippen LogP contribution is 2.22. The first kappa shape index (κ1) is 15.1. The van der Waals surface area contributed by atoms with Crippen LogP contribution in [-0.2, 0) is 0 Å². The van der Waals surface area contributed by atoms with Crippen LogP contribution in [0.1, 0.15) is 44.5 Å². The van der Waals surface area contributed by atoms with E-state index in [1.54, 1.807) is 0 Å². The Kier molecular flexibility index (Phi) is 5.72. The molecular weight excluding hydrogens is 244 g/mol. The Morgan fingerprint density at radius 3 is 2.50 bits per heavy atom. The standard InChI is InChI=1S/C13H24N4S/c1-8(2)12-16-11(14)10(4)13(17-12)15-9(3)6-7-18-5/h8-9H,6-7H2,1-5H3,(H3,14,15,16,17). The topological polar surface area (TPSA) is 63.8 Å². The van der Waals surface area contributed by atoms with E-state index in [-0.39, 0.29) is 5.92 Å². The summed E-state index contributed by atoms with van der Waals surface area (Å²) in [4.78, 5) is 8.90. The summed E-state index contributed by atoms with van der Waals surface area (Å²) in [7, 11) is 0. The average Bonchev–Trinajstić information content (AvgIpc) is 2.31. The number of nitrogens with two attached hydrogens (primary N) is 1. The van der Waals surface area contributed by atoms with Gasteiger partial charge in [0.25, 0.3) is 0 Å². The molecule has 0 saturated heterocycles. The summed E-state index contributed by atoms with van der Waals surface area (Å²) in [6.07, 6.45) is 3.24. The molecule has 0 radical (unpaired) electrons. The van der Waals surface area contributed by atoms with Crippen LogP contribution in [0.15, 0.2) is 0 Å². The van der Waals surface area contributed by atoms with Gasteiger partial charge in [-0.25, -0.2) is 9.97 Å². The van der Waals surface area contributed by atoms with E-state index >= 15 is 0 Å². The van der Waals surface area contributed by atoms with Gasteiger partial charge in [0.05, 0.1) is 0 Å². The summed E-state index contributed by atoms with van der Waals surface area (Å²) in [5.74, 6) is 3.69. The fourth-order valence-corrected chi connectivity index (χ4v) is 2.14. The van der Waals surface area contributed by atoms with Gasteiger partial charge >= 0.3 is 0 Å². The van der Waals surface area contributed by atoms with Crippen molar-refractivity contribution in [2.75, 3.05) is 23.1 Å². The lowest BCUT2D eigenvalue weighted by Crippen LogP contribution is -2.19. The number of anilines is 2. The van der Waals surface area contributed by atoms with E-state index in [0.717, 1.165) is 29.4 Å². The van der Waals surface area contributed by atoms with Gasteiger partial charge in [0.2, 0.25) is 0 Å². The molecule has 0 spiro atoms. The number of hydrogen-bond acceptors (Lipinski definition) is 5. The van der Waals surface area contributed by atoms with E-state index in [2.05, 4.69) is 42.3 Å². The lowest BCUT2D eigenvalue weighted by atomic mass is 10.2. The Hall–Kier alpha value is -0.970. The molecule has 1 heterocycles. The Morgan fingerprint density at radius 1 is 1.28 bits per heavy atom. The van der Waals surface area contributed by atoms with E-state index in [1.165, 1.54) is 0 Å². The normalized spacial score (nSPS) is 12.8. The van der Waals surface area contributed by atoms with Gasteiger partial charge in [-0.3, -0.25) is 0 Å². The highest BCUT2D eigenvalue weighted by molar-refractivity contribution is 7.98. The maximum absolute atomic E-state index is 5.94. The molecule has 0 aliphatic carbocycles. The molecule has 0 fully saturated rings. The number of nitrogens with zero attached hydrogens (tertiary/aromatic N) is 2. The zero-order valence-electron chi connectivity index (χ0n) is 11.9. The van der Waals surface area contributed by atoms with E-state index in [9.17, 15) is 0 Å². The van der Waals surface area contributed by atoms with Crippen LogP contribution in [0, 0.1) is 6.92 Å².